The summed E-state index contributed by atoms with van der Waals surface area (Å²) in [6, 6.07) is 0.578. The third kappa shape index (κ3) is 2.69. The highest BCUT2D eigenvalue weighted by Gasteiger charge is 2.25. The number of piperidine rings is 1. The molecule has 1 N–H and O–H groups in total. The van der Waals surface area contributed by atoms with Crippen LogP contribution >= 0.6 is 0 Å². The SMILES string of the molecule is CN1CCCN(C2CCCNC2)CC1=O. The van der Waals surface area contributed by atoms with Gasteiger partial charge in [-0.05, 0) is 25.8 Å². The van der Waals surface area contributed by atoms with Crippen molar-refractivity contribution >= 4 is 5.91 Å². The quantitative estimate of drug-likeness (QED) is 0.658. The molecule has 4 heteroatoms. The zero-order chi connectivity index (χ0) is 10.7. The summed E-state index contributed by atoms with van der Waals surface area (Å²) in [5.74, 6) is 0.276. The molecule has 1 amide bonds. The first kappa shape index (κ1) is 10.9. The van der Waals surface area contributed by atoms with Crippen LogP contribution in [0.2, 0.25) is 0 Å². The first-order valence-corrected chi connectivity index (χ1v) is 5.96. The predicted molar refractivity (Wildman–Crippen MR) is 59.7 cm³/mol. The summed E-state index contributed by atoms with van der Waals surface area (Å²) < 4.78 is 0. The highest BCUT2D eigenvalue weighted by molar-refractivity contribution is 5.78. The Morgan fingerprint density at radius 2 is 2.20 bits per heavy atom. The first-order chi connectivity index (χ1) is 7.27. The van der Waals surface area contributed by atoms with E-state index in [4.69, 9.17) is 0 Å². The molecule has 2 aliphatic heterocycles. The molecule has 1 atom stereocenters. The Kier molecular flexibility index (Phi) is 3.59. The molecule has 0 spiro atoms. The highest BCUT2D eigenvalue weighted by Crippen LogP contribution is 2.13. The molecule has 0 aliphatic carbocycles. The van der Waals surface area contributed by atoms with E-state index in [2.05, 4.69) is 10.2 Å². The molecule has 0 aromatic carbocycles. The van der Waals surface area contributed by atoms with Crippen molar-refractivity contribution in [1.29, 1.82) is 0 Å². The Morgan fingerprint density at radius 1 is 1.33 bits per heavy atom. The van der Waals surface area contributed by atoms with Gasteiger partial charge in [-0.1, -0.05) is 0 Å². The number of rotatable bonds is 1. The third-order valence-electron chi connectivity index (χ3n) is 3.49. The van der Waals surface area contributed by atoms with Crippen LogP contribution in [0.1, 0.15) is 19.3 Å². The van der Waals surface area contributed by atoms with Crippen LogP contribution in [0.5, 0.6) is 0 Å². The van der Waals surface area contributed by atoms with Crippen LogP contribution in [-0.2, 0) is 4.79 Å². The number of hydrogen-bond acceptors (Lipinski definition) is 3. The lowest BCUT2D eigenvalue weighted by molar-refractivity contribution is -0.130. The van der Waals surface area contributed by atoms with E-state index in [0.29, 0.717) is 12.6 Å². The topological polar surface area (TPSA) is 35.6 Å². The molecule has 2 aliphatic rings. The molecule has 1 unspecified atom stereocenters. The third-order valence-corrected chi connectivity index (χ3v) is 3.49. The number of nitrogens with zero attached hydrogens (tertiary/aromatic N) is 2. The maximum Gasteiger partial charge on any atom is 0.236 e. The smallest absolute Gasteiger partial charge is 0.236 e. The molecule has 0 bridgehead atoms. The van der Waals surface area contributed by atoms with Gasteiger partial charge in [0.15, 0.2) is 0 Å². The van der Waals surface area contributed by atoms with E-state index in [9.17, 15) is 4.79 Å². The zero-order valence-electron chi connectivity index (χ0n) is 9.54. The summed E-state index contributed by atoms with van der Waals surface area (Å²) in [5, 5.41) is 3.41. The van der Waals surface area contributed by atoms with E-state index < -0.39 is 0 Å². The fraction of sp³-hybridized carbons (Fsp3) is 0.909. The normalized spacial score (nSPS) is 30.3. The van der Waals surface area contributed by atoms with Gasteiger partial charge in [0.25, 0.3) is 0 Å². The van der Waals surface area contributed by atoms with Gasteiger partial charge in [0.2, 0.25) is 5.91 Å². The maximum absolute atomic E-state index is 11.7. The molecular weight excluding hydrogens is 190 g/mol. The molecule has 2 fully saturated rings. The second kappa shape index (κ2) is 4.94. The predicted octanol–water partition coefficient (Wildman–Crippen LogP) is -0.0975. The maximum atomic E-state index is 11.7. The van der Waals surface area contributed by atoms with Crippen molar-refractivity contribution in [2.24, 2.45) is 0 Å². The van der Waals surface area contributed by atoms with Crippen LogP contribution in [-0.4, -0.2) is 61.5 Å². The van der Waals surface area contributed by atoms with Gasteiger partial charge < -0.3 is 10.2 Å². The molecule has 0 aromatic heterocycles. The highest BCUT2D eigenvalue weighted by atomic mass is 16.2. The molecular formula is C11H21N3O. The Morgan fingerprint density at radius 3 is 2.93 bits per heavy atom. The number of nitrogens with one attached hydrogen (secondary N) is 1. The summed E-state index contributed by atoms with van der Waals surface area (Å²) in [6.45, 7) is 4.79. The van der Waals surface area contributed by atoms with E-state index in [1.54, 1.807) is 0 Å². The fourth-order valence-corrected chi connectivity index (χ4v) is 2.47. The molecule has 2 saturated heterocycles. The Labute approximate surface area is 91.6 Å². The summed E-state index contributed by atoms with van der Waals surface area (Å²) in [7, 11) is 1.91. The number of amides is 1. The minimum absolute atomic E-state index is 0.276. The molecule has 86 valence electrons. The summed E-state index contributed by atoms with van der Waals surface area (Å²) in [6.07, 6.45) is 3.59. The van der Waals surface area contributed by atoms with Gasteiger partial charge in [-0.2, -0.15) is 0 Å². The van der Waals surface area contributed by atoms with E-state index in [1.807, 2.05) is 11.9 Å². The lowest BCUT2D eigenvalue weighted by Crippen LogP contribution is -2.48. The van der Waals surface area contributed by atoms with Gasteiger partial charge in [0.1, 0.15) is 0 Å². The van der Waals surface area contributed by atoms with Crippen molar-refractivity contribution in [2.75, 3.05) is 39.8 Å². The van der Waals surface area contributed by atoms with Crippen LogP contribution in [0, 0.1) is 0 Å². The van der Waals surface area contributed by atoms with Gasteiger partial charge in [0.05, 0.1) is 6.54 Å². The van der Waals surface area contributed by atoms with Gasteiger partial charge >= 0.3 is 0 Å². The molecule has 15 heavy (non-hydrogen) atoms. The van der Waals surface area contributed by atoms with Crippen LogP contribution in [0.4, 0.5) is 0 Å². The van der Waals surface area contributed by atoms with Crippen molar-refractivity contribution < 1.29 is 4.79 Å². The molecule has 2 rings (SSSR count). The lowest BCUT2D eigenvalue weighted by atomic mass is 10.1. The second-order valence-electron chi connectivity index (χ2n) is 4.64. The Hall–Kier alpha value is -0.610. The lowest BCUT2D eigenvalue weighted by Gasteiger charge is -2.33. The second-order valence-corrected chi connectivity index (χ2v) is 4.64. The van der Waals surface area contributed by atoms with E-state index in [0.717, 1.165) is 32.6 Å². The largest absolute Gasteiger partial charge is 0.345 e. The number of likely N-dealkylation sites (N-methyl/N-ethyl adjacent to an activating group) is 1. The van der Waals surface area contributed by atoms with Crippen LogP contribution in [0.25, 0.3) is 0 Å². The average Bonchev–Trinajstić information content (AvgIpc) is 2.43. The number of hydrogen-bond donors (Lipinski definition) is 1. The first-order valence-electron chi connectivity index (χ1n) is 5.96. The van der Waals surface area contributed by atoms with Crippen molar-refractivity contribution in [3.05, 3.63) is 0 Å². The van der Waals surface area contributed by atoms with E-state index in [-0.39, 0.29) is 5.91 Å². The van der Waals surface area contributed by atoms with Gasteiger partial charge in [-0.15, -0.1) is 0 Å². The summed E-state index contributed by atoms with van der Waals surface area (Å²) >= 11 is 0. The van der Waals surface area contributed by atoms with Crippen LogP contribution in [0.15, 0.2) is 0 Å². The summed E-state index contributed by atoms with van der Waals surface area (Å²) in [5.41, 5.74) is 0. The fourth-order valence-electron chi connectivity index (χ4n) is 2.47. The van der Waals surface area contributed by atoms with E-state index in [1.165, 1.54) is 12.8 Å². The van der Waals surface area contributed by atoms with Crippen molar-refractivity contribution in [2.45, 2.75) is 25.3 Å². The van der Waals surface area contributed by atoms with Gasteiger partial charge in [0, 0.05) is 32.7 Å². The zero-order valence-corrected chi connectivity index (χ0v) is 9.54. The number of carbonyl (C=O) groups excluding carboxylic acids is 1. The van der Waals surface area contributed by atoms with Crippen LogP contribution < -0.4 is 5.32 Å². The van der Waals surface area contributed by atoms with Crippen molar-refractivity contribution in [3.8, 4) is 0 Å². The van der Waals surface area contributed by atoms with Crippen molar-refractivity contribution in [3.63, 3.8) is 0 Å². The molecule has 0 radical (unpaired) electrons. The Balaban J connectivity index is 1.93. The van der Waals surface area contributed by atoms with E-state index >= 15 is 0 Å². The Bertz CT molecular complexity index is 226. The summed E-state index contributed by atoms with van der Waals surface area (Å²) in [4.78, 5) is 15.9. The number of carbonyl (C=O) groups is 1. The molecule has 0 aromatic rings. The van der Waals surface area contributed by atoms with Gasteiger partial charge in [-0.3, -0.25) is 9.69 Å². The van der Waals surface area contributed by atoms with Gasteiger partial charge in [-0.25, -0.2) is 0 Å². The molecule has 4 nitrogen and oxygen atoms in total. The minimum Gasteiger partial charge on any atom is -0.345 e. The standard InChI is InChI=1S/C11H21N3O/c1-13-6-3-7-14(9-11(13)15)10-4-2-5-12-8-10/h10,12H,2-9H2,1H3. The molecule has 0 saturated carbocycles. The monoisotopic (exact) mass is 211 g/mol. The minimum atomic E-state index is 0.276. The van der Waals surface area contributed by atoms with Crippen LogP contribution in [0.3, 0.4) is 0 Å². The molecule has 2 heterocycles. The van der Waals surface area contributed by atoms with Crippen molar-refractivity contribution in [1.82, 2.24) is 15.1 Å². The average molecular weight is 211 g/mol.